The monoisotopic (exact) mass is 827 g/mol. The van der Waals surface area contributed by atoms with Crippen LogP contribution in [-0.4, -0.2) is 40.9 Å². The highest BCUT2D eigenvalue weighted by Gasteiger charge is 2.71. The molecular weight excluding hydrogens is 799 g/mol. The number of hydrogen-bond donors (Lipinski definition) is 2. The van der Waals surface area contributed by atoms with Gasteiger partial charge in [0.2, 0.25) is 11.8 Å². The third-order valence-electron chi connectivity index (χ3n) is 11.6. The molecule has 0 spiro atoms. The lowest BCUT2D eigenvalue weighted by Crippen LogP contribution is -2.53. The maximum atomic E-state index is 15.2. The van der Waals surface area contributed by atoms with E-state index in [0.717, 1.165) is 17.1 Å². The molecule has 2 N–H and O–H groups in total. The van der Waals surface area contributed by atoms with Crippen LogP contribution in [-0.2, 0) is 36.9 Å². The number of ether oxygens (including phenoxy) is 1. The fourth-order valence-electron chi connectivity index (χ4n) is 9.26. The van der Waals surface area contributed by atoms with E-state index in [1.165, 1.54) is 61.7 Å². The Morgan fingerprint density at radius 2 is 1.47 bits per heavy atom. The van der Waals surface area contributed by atoms with E-state index in [0.29, 0.717) is 22.6 Å². The number of hydrogen-bond acceptors (Lipinski definition) is 7. The molecule has 300 valence electrons. The van der Waals surface area contributed by atoms with E-state index in [-0.39, 0.29) is 46.5 Å². The number of methoxy groups -OCH3 is 1. The molecule has 0 aromatic heterocycles. The highest BCUT2D eigenvalue weighted by atomic mass is 35.5. The van der Waals surface area contributed by atoms with Crippen molar-refractivity contribution >= 4 is 46.6 Å². The molecular formula is C41H29ClF7N3O6. The fraction of sp³-hybridized carbons (Fsp3) is 0.268. The summed E-state index contributed by atoms with van der Waals surface area (Å²) in [6, 6.07) is 15.8. The molecule has 6 atom stereocenters. The number of carbonyl (C=O) groups excluding carboxylic acids is 4. The van der Waals surface area contributed by atoms with E-state index in [4.69, 9.17) is 16.3 Å². The summed E-state index contributed by atoms with van der Waals surface area (Å²) in [5.74, 6) is -11.2. The van der Waals surface area contributed by atoms with Gasteiger partial charge in [0, 0.05) is 16.5 Å². The first-order valence-corrected chi connectivity index (χ1v) is 18.2. The van der Waals surface area contributed by atoms with Gasteiger partial charge in [0.15, 0.2) is 11.5 Å². The molecule has 4 aromatic rings. The summed E-state index contributed by atoms with van der Waals surface area (Å²) in [4.78, 5) is 58.9. The van der Waals surface area contributed by atoms with Gasteiger partial charge in [-0.15, -0.1) is 0 Å². The zero-order valence-corrected chi connectivity index (χ0v) is 30.6. The highest BCUT2D eigenvalue weighted by Crippen LogP contribution is 2.65. The number of aromatic hydroxyl groups is 1. The largest absolute Gasteiger partial charge is 0.504 e. The molecule has 4 aromatic carbocycles. The Morgan fingerprint density at radius 3 is 2.07 bits per heavy atom. The van der Waals surface area contributed by atoms with Crippen LogP contribution in [0.5, 0.6) is 11.5 Å². The van der Waals surface area contributed by atoms with Gasteiger partial charge in [0.1, 0.15) is 5.82 Å². The number of halogens is 8. The molecule has 2 aliphatic carbocycles. The SMILES string of the molecule is COc1cccc(C2C3=CCC4C(=O)N(c5cc(C(F)(F)F)cc(C(F)(F)F)c5)C(=O)C4C3CC3C(=O)N(Nc4ccc(F)cc4)C(=O)C32c2ccc(Cl)cc2)c1O. The number of phenolic OH excluding ortho intramolecular Hbond substituents is 1. The molecule has 4 amide bonds. The number of phenols is 1. The molecule has 2 heterocycles. The van der Waals surface area contributed by atoms with Gasteiger partial charge in [-0.05, 0) is 85.0 Å². The maximum absolute atomic E-state index is 15.2. The average molecular weight is 828 g/mol. The van der Waals surface area contributed by atoms with Crippen molar-refractivity contribution in [1.29, 1.82) is 0 Å². The standard InChI is InChI=1S/C41H29ClF7N3O6/c1-58-31-4-2-3-28(34(31)53)33-26-13-14-27-32(37(56)51(35(27)54)25-16-20(40(44,45)46)15-21(17-25)41(47,48)49)29(26)18-30-36(55)52(50-24-11-9-23(43)10-12-24)38(57)39(30,33)19-5-7-22(42)8-6-19/h2-13,15-17,27,29-30,32-33,50,53H,14,18H2,1H3. The highest BCUT2D eigenvalue weighted by molar-refractivity contribution is 6.30. The first-order chi connectivity index (χ1) is 27.4. The van der Waals surface area contributed by atoms with Crippen molar-refractivity contribution in [2.75, 3.05) is 17.4 Å². The molecule has 2 saturated heterocycles. The van der Waals surface area contributed by atoms with E-state index in [9.17, 15) is 50.2 Å². The Hall–Kier alpha value is -5.90. The molecule has 3 fully saturated rings. The minimum atomic E-state index is -5.27. The molecule has 6 unspecified atom stereocenters. The predicted octanol–water partition coefficient (Wildman–Crippen LogP) is 8.42. The van der Waals surface area contributed by atoms with Crippen LogP contribution in [0.1, 0.15) is 41.0 Å². The van der Waals surface area contributed by atoms with Gasteiger partial charge in [-0.3, -0.25) is 24.6 Å². The number of anilines is 2. The number of carbonyl (C=O) groups is 4. The molecule has 4 aliphatic rings. The zero-order valence-electron chi connectivity index (χ0n) is 29.9. The second kappa shape index (κ2) is 13.6. The summed E-state index contributed by atoms with van der Waals surface area (Å²) in [6.07, 6.45) is -9.49. The number of benzene rings is 4. The lowest BCUT2D eigenvalue weighted by Gasteiger charge is -2.50. The van der Waals surface area contributed by atoms with Gasteiger partial charge in [0.05, 0.1) is 52.8 Å². The average Bonchev–Trinajstić information content (AvgIpc) is 3.56. The first kappa shape index (κ1) is 38.9. The van der Waals surface area contributed by atoms with E-state index in [2.05, 4.69) is 5.43 Å². The number of nitrogens with one attached hydrogen (secondary N) is 1. The fourth-order valence-corrected chi connectivity index (χ4v) is 9.38. The summed E-state index contributed by atoms with van der Waals surface area (Å²) < 4.78 is 103. The molecule has 2 aliphatic heterocycles. The van der Waals surface area contributed by atoms with Crippen LogP contribution < -0.4 is 15.1 Å². The molecule has 17 heteroatoms. The minimum absolute atomic E-state index is 0.0157. The Labute approximate surface area is 329 Å². The smallest absolute Gasteiger partial charge is 0.416 e. The predicted molar refractivity (Wildman–Crippen MR) is 193 cm³/mol. The van der Waals surface area contributed by atoms with Gasteiger partial charge in [-0.25, -0.2) is 9.29 Å². The Bertz CT molecular complexity index is 2390. The van der Waals surface area contributed by atoms with Gasteiger partial charge < -0.3 is 9.84 Å². The number of rotatable bonds is 6. The Morgan fingerprint density at radius 1 is 0.828 bits per heavy atom. The van der Waals surface area contributed by atoms with Crippen molar-refractivity contribution in [2.24, 2.45) is 23.7 Å². The van der Waals surface area contributed by atoms with Crippen molar-refractivity contribution < 1.29 is 59.8 Å². The van der Waals surface area contributed by atoms with Crippen molar-refractivity contribution in [1.82, 2.24) is 5.01 Å². The number of allylic oxidation sites excluding steroid dienone is 2. The van der Waals surface area contributed by atoms with Gasteiger partial charge in [0.25, 0.3) is 11.8 Å². The normalized spacial score (nSPS) is 25.7. The van der Waals surface area contributed by atoms with Crippen molar-refractivity contribution in [3.63, 3.8) is 0 Å². The van der Waals surface area contributed by atoms with Crippen LogP contribution in [0.25, 0.3) is 0 Å². The van der Waals surface area contributed by atoms with Crippen molar-refractivity contribution in [3.8, 4) is 11.5 Å². The van der Waals surface area contributed by atoms with Gasteiger partial charge >= 0.3 is 12.4 Å². The summed E-state index contributed by atoms with van der Waals surface area (Å²) in [5, 5.41) is 12.8. The van der Waals surface area contributed by atoms with Crippen LogP contribution in [0.4, 0.5) is 42.1 Å². The van der Waals surface area contributed by atoms with Crippen LogP contribution in [0.15, 0.2) is 96.6 Å². The van der Waals surface area contributed by atoms with Gasteiger partial charge in [-0.2, -0.15) is 31.4 Å². The molecule has 8 rings (SSSR count). The van der Waals surface area contributed by atoms with Crippen molar-refractivity contribution in [3.05, 3.63) is 130 Å². The summed E-state index contributed by atoms with van der Waals surface area (Å²) >= 11 is 6.29. The van der Waals surface area contributed by atoms with Gasteiger partial charge in [-0.1, -0.05) is 47.5 Å². The second-order valence-electron chi connectivity index (χ2n) is 14.5. The van der Waals surface area contributed by atoms with Crippen molar-refractivity contribution in [2.45, 2.75) is 36.5 Å². The second-order valence-corrected chi connectivity index (χ2v) is 15.0. The number of nitrogens with zero attached hydrogens (tertiary/aromatic N) is 2. The zero-order chi connectivity index (χ0) is 41.6. The molecule has 0 bridgehead atoms. The number of hydrazine groups is 1. The molecule has 1 saturated carbocycles. The lowest BCUT2D eigenvalue weighted by atomic mass is 9.49. The topological polar surface area (TPSA) is 116 Å². The Kier molecular flexibility index (Phi) is 9.14. The maximum Gasteiger partial charge on any atom is 0.416 e. The summed E-state index contributed by atoms with van der Waals surface area (Å²) in [6.45, 7) is 0. The quantitative estimate of drug-likeness (QED) is 0.114. The number of fused-ring (bicyclic) bond motifs is 4. The van der Waals surface area contributed by atoms with Crippen LogP contribution >= 0.6 is 11.6 Å². The van der Waals surface area contributed by atoms with E-state index in [1.54, 1.807) is 6.08 Å². The number of para-hydroxylation sites is 1. The first-order valence-electron chi connectivity index (χ1n) is 17.8. The Balaban J connectivity index is 1.32. The summed E-state index contributed by atoms with van der Waals surface area (Å²) in [7, 11) is 1.29. The van der Waals surface area contributed by atoms with E-state index >= 15 is 4.79 Å². The third kappa shape index (κ3) is 5.90. The molecule has 9 nitrogen and oxygen atoms in total. The van der Waals surface area contributed by atoms with Crippen LogP contribution in [0, 0.1) is 29.5 Å². The minimum Gasteiger partial charge on any atom is -0.504 e. The third-order valence-corrected chi connectivity index (χ3v) is 11.9. The van der Waals surface area contributed by atoms with Crippen LogP contribution in [0.3, 0.4) is 0 Å². The lowest BCUT2D eigenvalue weighted by molar-refractivity contribution is -0.143. The van der Waals surface area contributed by atoms with E-state index in [1.807, 2.05) is 0 Å². The number of amides is 4. The molecule has 58 heavy (non-hydrogen) atoms. The van der Waals surface area contributed by atoms with E-state index < -0.39 is 99.4 Å². The number of imide groups is 2. The number of alkyl halides is 6. The van der Waals surface area contributed by atoms with Crippen LogP contribution in [0.2, 0.25) is 5.02 Å². The molecule has 0 radical (unpaired) electrons. The summed E-state index contributed by atoms with van der Waals surface area (Å²) in [5.41, 5.74) is -2.69.